The first-order valence-electron chi connectivity index (χ1n) is 12.3. The van der Waals surface area contributed by atoms with Gasteiger partial charge in [0.1, 0.15) is 6.04 Å². The van der Waals surface area contributed by atoms with Crippen LogP contribution < -0.4 is 5.32 Å². The molecule has 0 bridgehead atoms. The van der Waals surface area contributed by atoms with Gasteiger partial charge in [-0.05, 0) is 50.2 Å². The van der Waals surface area contributed by atoms with Gasteiger partial charge in [-0.2, -0.15) is 0 Å². The molecule has 8 heteroatoms. The number of nitrogens with zero attached hydrogens (tertiary/aromatic N) is 3. The number of rotatable bonds is 3. The smallest absolute Gasteiger partial charge is 0.312 e. The first kappa shape index (κ1) is 21.9. The number of fused-ring (bicyclic) bond motifs is 1. The molecule has 4 aliphatic rings. The fourth-order valence-corrected chi connectivity index (χ4v) is 5.66. The van der Waals surface area contributed by atoms with Crippen molar-refractivity contribution in [3.8, 4) is 0 Å². The Hall–Kier alpha value is -2.90. The molecular formula is C25H32N4O4. The number of piperazine rings is 1. The second kappa shape index (κ2) is 9.15. The lowest BCUT2D eigenvalue weighted by Crippen LogP contribution is -2.57. The predicted octanol–water partition coefficient (Wildman–Crippen LogP) is 1.41. The van der Waals surface area contributed by atoms with Crippen molar-refractivity contribution in [1.29, 1.82) is 0 Å². The fourth-order valence-electron chi connectivity index (χ4n) is 5.66. The van der Waals surface area contributed by atoms with Crippen LogP contribution in [0.15, 0.2) is 30.3 Å². The van der Waals surface area contributed by atoms with Crippen LogP contribution >= 0.6 is 0 Å². The number of likely N-dealkylation sites (tertiary alicyclic amines) is 1. The lowest BCUT2D eigenvalue weighted by molar-refractivity contribution is -0.149. The zero-order valence-electron chi connectivity index (χ0n) is 18.9. The molecule has 5 rings (SSSR count). The van der Waals surface area contributed by atoms with E-state index >= 15 is 0 Å². The standard InChI is InChI=1S/C25H32N4O4/c30-22(26-19-10-11-19)25(33)28-14-12-27(13-15-28)24(32)21-16-18-8-4-5-9-20(18)29(21)23(31)17-6-2-1-3-7-17/h1-3,6-7,18-21H,4-5,8-16H2,(H,26,30). The van der Waals surface area contributed by atoms with E-state index in [9.17, 15) is 19.2 Å². The molecule has 8 nitrogen and oxygen atoms in total. The highest BCUT2D eigenvalue weighted by Crippen LogP contribution is 2.41. The molecule has 2 saturated carbocycles. The average molecular weight is 453 g/mol. The zero-order chi connectivity index (χ0) is 22.9. The molecule has 4 amide bonds. The quantitative estimate of drug-likeness (QED) is 0.703. The summed E-state index contributed by atoms with van der Waals surface area (Å²) in [6.07, 6.45) is 6.83. The minimum Gasteiger partial charge on any atom is -0.345 e. The van der Waals surface area contributed by atoms with Gasteiger partial charge in [0.2, 0.25) is 5.91 Å². The SMILES string of the molecule is O=C(NC1CC1)C(=O)N1CCN(C(=O)C2CC3CCCCC3N2C(=O)c2ccccc2)CC1. The van der Waals surface area contributed by atoms with E-state index in [-0.39, 0.29) is 23.9 Å². The van der Waals surface area contributed by atoms with Crippen molar-refractivity contribution < 1.29 is 19.2 Å². The van der Waals surface area contributed by atoms with E-state index < -0.39 is 17.9 Å². The van der Waals surface area contributed by atoms with E-state index in [1.54, 1.807) is 4.90 Å². The van der Waals surface area contributed by atoms with Gasteiger partial charge in [-0.1, -0.05) is 31.0 Å². The van der Waals surface area contributed by atoms with Crippen molar-refractivity contribution in [2.24, 2.45) is 5.92 Å². The Bertz CT molecular complexity index is 924. The third-order valence-corrected chi connectivity index (χ3v) is 7.61. The Morgan fingerprint density at radius 3 is 2.18 bits per heavy atom. The topological polar surface area (TPSA) is 90.0 Å². The van der Waals surface area contributed by atoms with Gasteiger partial charge in [-0.25, -0.2) is 0 Å². The molecule has 2 aliphatic heterocycles. The maximum absolute atomic E-state index is 13.6. The Balaban J connectivity index is 1.26. The summed E-state index contributed by atoms with van der Waals surface area (Å²) in [5, 5.41) is 2.74. The van der Waals surface area contributed by atoms with Gasteiger partial charge in [0.25, 0.3) is 5.91 Å². The van der Waals surface area contributed by atoms with Gasteiger partial charge >= 0.3 is 11.8 Å². The predicted molar refractivity (Wildman–Crippen MR) is 121 cm³/mol. The molecule has 4 fully saturated rings. The van der Waals surface area contributed by atoms with E-state index in [4.69, 9.17) is 0 Å². The van der Waals surface area contributed by atoms with E-state index in [1.807, 2.05) is 35.2 Å². The van der Waals surface area contributed by atoms with Gasteiger partial charge in [-0.15, -0.1) is 0 Å². The van der Waals surface area contributed by atoms with Crippen molar-refractivity contribution in [1.82, 2.24) is 20.0 Å². The van der Waals surface area contributed by atoms with Gasteiger partial charge in [0, 0.05) is 43.8 Å². The molecular weight excluding hydrogens is 420 g/mol. The Labute approximate surface area is 194 Å². The van der Waals surface area contributed by atoms with Gasteiger partial charge < -0.3 is 20.0 Å². The summed E-state index contributed by atoms with van der Waals surface area (Å²) in [7, 11) is 0. The normalized spacial score (nSPS) is 27.2. The van der Waals surface area contributed by atoms with Crippen LogP contribution in [-0.4, -0.2) is 82.6 Å². The van der Waals surface area contributed by atoms with Crippen LogP contribution in [-0.2, 0) is 14.4 Å². The fraction of sp³-hybridized carbons (Fsp3) is 0.600. The molecule has 0 aromatic heterocycles. The molecule has 176 valence electrons. The monoisotopic (exact) mass is 452 g/mol. The minimum absolute atomic E-state index is 0.0248. The lowest BCUT2D eigenvalue weighted by atomic mass is 9.84. The Kier molecular flexibility index (Phi) is 6.08. The van der Waals surface area contributed by atoms with E-state index in [0.29, 0.717) is 44.1 Å². The van der Waals surface area contributed by atoms with E-state index in [0.717, 1.165) is 38.5 Å². The Morgan fingerprint density at radius 1 is 0.818 bits per heavy atom. The second-order valence-corrected chi connectivity index (χ2v) is 9.81. The third-order valence-electron chi connectivity index (χ3n) is 7.61. The summed E-state index contributed by atoms with van der Waals surface area (Å²) in [4.78, 5) is 56.7. The molecule has 0 spiro atoms. The summed E-state index contributed by atoms with van der Waals surface area (Å²) in [5.41, 5.74) is 0.624. The van der Waals surface area contributed by atoms with Crippen molar-refractivity contribution in [3.63, 3.8) is 0 Å². The number of carbonyl (C=O) groups excluding carboxylic acids is 4. The summed E-state index contributed by atoms with van der Waals surface area (Å²) < 4.78 is 0. The lowest BCUT2D eigenvalue weighted by Gasteiger charge is -2.38. The van der Waals surface area contributed by atoms with Crippen LogP contribution in [0.2, 0.25) is 0 Å². The molecule has 1 aromatic rings. The van der Waals surface area contributed by atoms with Crippen molar-refractivity contribution in [2.75, 3.05) is 26.2 Å². The molecule has 1 aromatic carbocycles. The number of hydrogen-bond donors (Lipinski definition) is 1. The van der Waals surface area contributed by atoms with Crippen molar-refractivity contribution >= 4 is 23.6 Å². The third kappa shape index (κ3) is 4.48. The number of benzene rings is 1. The van der Waals surface area contributed by atoms with Gasteiger partial charge in [-0.3, -0.25) is 19.2 Å². The molecule has 2 heterocycles. The number of carbonyl (C=O) groups is 4. The number of nitrogens with one attached hydrogen (secondary N) is 1. The number of amides is 4. The summed E-state index contributed by atoms with van der Waals surface area (Å²) >= 11 is 0. The first-order chi connectivity index (χ1) is 16.0. The van der Waals surface area contributed by atoms with Crippen LogP contribution in [0.1, 0.15) is 55.3 Å². The summed E-state index contributed by atoms with van der Waals surface area (Å²) in [6, 6.07) is 9.04. The van der Waals surface area contributed by atoms with Crippen LogP contribution in [0, 0.1) is 5.92 Å². The molecule has 2 aliphatic carbocycles. The van der Waals surface area contributed by atoms with Crippen molar-refractivity contribution in [2.45, 2.75) is 63.1 Å². The molecule has 33 heavy (non-hydrogen) atoms. The van der Waals surface area contributed by atoms with Crippen LogP contribution in [0.4, 0.5) is 0 Å². The summed E-state index contributed by atoms with van der Waals surface area (Å²) in [6.45, 7) is 1.46. The second-order valence-electron chi connectivity index (χ2n) is 9.81. The van der Waals surface area contributed by atoms with E-state index in [2.05, 4.69) is 5.32 Å². The zero-order valence-corrected chi connectivity index (χ0v) is 18.9. The first-order valence-corrected chi connectivity index (χ1v) is 12.3. The largest absolute Gasteiger partial charge is 0.345 e. The highest BCUT2D eigenvalue weighted by molar-refractivity contribution is 6.35. The van der Waals surface area contributed by atoms with Crippen molar-refractivity contribution in [3.05, 3.63) is 35.9 Å². The van der Waals surface area contributed by atoms with E-state index in [1.165, 1.54) is 4.90 Å². The van der Waals surface area contributed by atoms with Gasteiger partial charge in [0.15, 0.2) is 0 Å². The van der Waals surface area contributed by atoms with Crippen LogP contribution in [0.5, 0.6) is 0 Å². The average Bonchev–Trinajstić information content (AvgIpc) is 3.59. The molecule has 1 N–H and O–H groups in total. The maximum Gasteiger partial charge on any atom is 0.312 e. The van der Waals surface area contributed by atoms with Crippen LogP contribution in [0.25, 0.3) is 0 Å². The highest BCUT2D eigenvalue weighted by atomic mass is 16.2. The minimum atomic E-state index is -0.545. The molecule has 3 unspecified atom stereocenters. The maximum atomic E-state index is 13.6. The summed E-state index contributed by atoms with van der Waals surface area (Å²) in [5.74, 6) is -0.773. The molecule has 2 saturated heterocycles. The van der Waals surface area contributed by atoms with Gasteiger partial charge in [0.05, 0.1) is 0 Å². The molecule has 3 atom stereocenters. The molecule has 0 radical (unpaired) electrons. The Morgan fingerprint density at radius 2 is 1.48 bits per heavy atom. The highest BCUT2D eigenvalue weighted by Gasteiger charge is 2.48. The van der Waals surface area contributed by atoms with Crippen LogP contribution in [0.3, 0.4) is 0 Å². The number of hydrogen-bond acceptors (Lipinski definition) is 4.